The van der Waals surface area contributed by atoms with Crippen LogP contribution in [-0.2, 0) is 4.74 Å². The molecule has 10 heavy (non-hydrogen) atoms. The third-order valence-corrected chi connectivity index (χ3v) is 2.56. The van der Waals surface area contributed by atoms with E-state index in [4.69, 9.17) is 4.74 Å². The van der Waals surface area contributed by atoms with Crippen molar-refractivity contribution in [3.8, 4) is 0 Å². The van der Waals surface area contributed by atoms with Gasteiger partial charge in [0.1, 0.15) is 0 Å². The number of hydrogen-bond donors (Lipinski definition) is 1. The molecule has 2 aliphatic heterocycles. The van der Waals surface area contributed by atoms with Gasteiger partial charge in [-0.3, -0.25) is 0 Å². The summed E-state index contributed by atoms with van der Waals surface area (Å²) in [6, 6.07) is 0. The lowest BCUT2D eigenvalue weighted by Crippen LogP contribution is -2.42. The predicted molar refractivity (Wildman–Crippen MR) is 39.9 cm³/mol. The third kappa shape index (κ3) is 1.32. The zero-order chi connectivity index (χ0) is 6.81. The van der Waals surface area contributed by atoms with Gasteiger partial charge in [-0.25, -0.2) is 0 Å². The maximum absolute atomic E-state index is 5.31. The summed E-state index contributed by atoms with van der Waals surface area (Å²) < 4.78 is 5.31. The van der Waals surface area contributed by atoms with Crippen LogP contribution >= 0.6 is 0 Å². The largest absolute Gasteiger partial charge is 0.381 e. The molecule has 1 unspecified atom stereocenters. The van der Waals surface area contributed by atoms with Gasteiger partial charge in [0.05, 0.1) is 0 Å². The Kier molecular flexibility index (Phi) is 1.91. The highest BCUT2D eigenvalue weighted by Crippen LogP contribution is 2.22. The van der Waals surface area contributed by atoms with E-state index < -0.39 is 0 Å². The van der Waals surface area contributed by atoms with Crippen LogP contribution < -0.4 is 5.32 Å². The molecular formula is C8H15NO. The molecule has 0 aliphatic carbocycles. The van der Waals surface area contributed by atoms with Crippen molar-refractivity contribution in [3.63, 3.8) is 0 Å². The van der Waals surface area contributed by atoms with Crippen molar-refractivity contribution >= 4 is 0 Å². The smallest absolute Gasteiger partial charge is 0.0495 e. The summed E-state index contributed by atoms with van der Waals surface area (Å²) in [5.41, 5.74) is 0. The van der Waals surface area contributed by atoms with Crippen LogP contribution in [0.15, 0.2) is 0 Å². The number of hydrogen-bond acceptors (Lipinski definition) is 2. The number of nitrogens with one attached hydrogen (secondary N) is 1. The minimum absolute atomic E-state index is 0.882. The fraction of sp³-hybridized carbons (Fsp3) is 1.00. The highest BCUT2D eigenvalue weighted by atomic mass is 16.5. The molecule has 2 nitrogen and oxygen atoms in total. The summed E-state index contributed by atoms with van der Waals surface area (Å²) in [5, 5.41) is 3.29. The first-order valence-electron chi connectivity index (χ1n) is 4.23. The Morgan fingerprint density at radius 1 is 1.30 bits per heavy atom. The van der Waals surface area contributed by atoms with Gasteiger partial charge >= 0.3 is 0 Å². The van der Waals surface area contributed by atoms with Crippen molar-refractivity contribution in [3.05, 3.63) is 0 Å². The maximum Gasteiger partial charge on any atom is 0.0495 e. The van der Waals surface area contributed by atoms with Crippen molar-refractivity contribution in [2.75, 3.05) is 26.3 Å². The van der Waals surface area contributed by atoms with Gasteiger partial charge < -0.3 is 10.1 Å². The van der Waals surface area contributed by atoms with Crippen molar-refractivity contribution in [2.24, 2.45) is 11.8 Å². The molecule has 2 heterocycles. The maximum atomic E-state index is 5.31. The Morgan fingerprint density at radius 2 is 2.20 bits per heavy atom. The van der Waals surface area contributed by atoms with Gasteiger partial charge in [-0.1, -0.05) is 0 Å². The van der Waals surface area contributed by atoms with E-state index in [0.29, 0.717) is 0 Å². The molecule has 1 N–H and O–H groups in total. The van der Waals surface area contributed by atoms with E-state index >= 15 is 0 Å². The molecule has 0 amide bonds. The van der Waals surface area contributed by atoms with E-state index in [2.05, 4.69) is 5.32 Å². The fourth-order valence-corrected chi connectivity index (χ4v) is 1.76. The molecule has 0 aromatic carbocycles. The van der Waals surface area contributed by atoms with Crippen LogP contribution in [0, 0.1) is 11.8 Å². The van der Waals surface area contributed by atoms with Crippen LogP contribution in [0.1, 0.15) is 12.8 Å². The highest BCUT2D eigenvalue weighted by molar-refractivity contribution is 4.78. The fourth-order valence-electron chi connectivity index (χ4n) is 1.76. The van der Waals surface area contributed by atoms with Crippen molar-refractivity contribution in [1.82, 2.24) is 5.32 Å². The standard InChI is InChI=1S/C8H15NO/c1-2-10-6-7(1)3-8-4-9-5-8/h7-9H,1-6H2. The van der Waals surface area contributed by atoms with Gasteiger partial charge in [0.2, 0.25) is 0 Å². The SMILES string of the molecule is C1CC(CC2CNC2)CO1. The van der Waals surface area contributed by atoms with E-state index in [-0.39, 0.29) is 0 Å². The Morgan fingerprint density at radius 3 is 2.70 bits per heavy atom. The minimum Gasteiger partial charge on any atom is -0.381 e. The van der Waals surface area contributed by atoms with Gasteiger partial charge in [0, 0.05) is 13.2 Å². The monoisotopic (exact) mass is 141 g/mol. The molecule has 2 fully saturated rings. The van der Waals surface area contributed by atoms with Crippen LogP contribution in [0.3, 0.4) is 0 Å². The zero-order valence-corrected chi connectivity index (χ0v) is 6.31. The normalized spacial score (nSPS) is 34.2. The first-order valence-corrected chi connectivity index (χ1v) is 4.23. The molecule has 0 bridgehead atoms. The van der Waals surface area contributed by atoms with Gasteiger partial charge in [0.25, 0.3) is 0 Å². The first-order chi connectivity index (χ1) is 4.95. The van der Waals surface area contributed by atoms with Crippen LogP contribution in [0.25, 0.3) is 0 Å². The Labute approximate surface area is 61.9 Å². The highest BCUT2D eigenvalue weighted by Gasteiger charge is 2.23. The molecule has 2 saturated heterocycles. The lowest BCUT2D eigenvalue weighted by Gasteiger charge is -2.28. The molecule has 0 saturated carbocycles. The molecular weight excluding hydrogens is 126 g/mol. The van der Waals surface area contributed by atoms with Crippen molar-refractivity contribution in [1.29, 1.82) is 0 Å². The van der Waals surface area contributed by atoms with Crippen LogP contribution in [0.5, 0.6) is 0 Å². The number of ether oxygens (including phenoxy) is 1. The molecule has 2 aliphatic rings. The minimum atomic E-state index is 0.882. The third-order valence-electron chi connectivity index (χ3n) is 2.56. The lowest BCUT2D eigenvalue weighted by molar-refractivity contribution is 0.174. The van der Waals surface area contributed by atoms with Gasteiger partial charge in [-0.2, -0.15) is 0 Å². The summed E-state index contributed by atoms with van der Waals surface area (Å²) in [6.45, 7) is 4.52. The molecule has 0 aromatic rings. The average molecular weight is 141 g/mol. The Bertz CT molecular complexity index is 106. The lowest BCUT2D eigenvalue weighted by atomic mass is 9.90. The molecule has 2 rings (SSSR count). The second-order valence-corrected chi connectivity index (χ2v) is 3.49. The van der Waals surface area contributed by atoms with Crippen molar-refractivity contribution in [2.45, 2.75) is 12.8 Å². The van der Waals surface area contributed by atoms with Crippen LogP contribution in [0.4, 0.5) is 0 Å². The van der Waals surface area contributed by atoms with E-state index in [0.717, 1.165) is 25.0 Å². The van der Waals surface area contributed by atoms with Gasteiger partial charge in [-0.05, 0) is 37.8 Å². The first kappa shape index (κ1) is 6.62. The second kappa shape index (κ2) is 2.89. The number of rotatable bonds is 2. The summed E-state index contributed by atoms with van der Waals surface area (Å²) in [5.74, 6) is 1.85. The second-order valence-electron chi connectivity index (χ2n) is 3.49. The van der Waals surface area contributed by atoms with E-state index in [1.165, 1.54) is 25.9 Å². The van der Waals surface area contributed by atoms with E-state index in [9.17, 15) is 0 Å². The summed E-state index contributed by atoms with van der Waals surface area (Å²) in [6.07, 6.45) is 2.70. The van der Waals surface area contributed by atoms with Crippen LogP contribution in [0.2, 0.25) is 0 Å². The Hall–Kier alpha value is -0.0800. The summed E-state index contributed by atoms with van der Waals surface area (Å²) in [7, 11) is 0. The molecule has 0 spiro atoms. The average Bonchev–Trinajstić information content (AvgIpc) is 2.29. The van der Waals surface area contributed by atoms with E-state index in [1.54, 1.807) is 0 Å². The molecule has 1 atom stereocenters. The molecule has 2 heteroatoms. The molecule has 0 aromatic heterocycles. The molecule has 0 radical (unpaired) electrons. The van der Waals surface area contributed by atoms with Gasteiger partial charge in [0.15, 0.2) is 0 Å². The predicted octanol–water partition coefficient (Wildman–Crippen LogP) is 0.632. The topological polar surface area (TPSA) is 21.3 Å². The quantitative estimate of drug-likeness (QED) is 0.609. The summed E-state index contributed by atoms with van der Waals surface area (Å²) in [4.78, 5) is 0. The molecule has 58 valence electrons. The van der Waals surface area contributed by atoms with E-state index in [1.807, 2.05) is 0 Å². The summed E-state index contributed by atoms with van der Waals surface area (Å²) >= 11 is 0. The van der Waals surface area contributed by atoms with Crippen molar-refractivity contribution < 1.29 is 4.74 Å². The zero-order valence-electron chi connectivity index (χ0n) is 6.31. The van der Waals surface area contributed by atoms with Crippen LogP contribution in [-0.4, -0.2) is 26.3 Å². The Balaban J connectivity index is 1.68. The van der Waals surface area contributed by atoms with Gasteiger partial charge in [-0.15, -0.1) is 0 Å².